The maximum atomic E-state index is 12.5. The lowest BCUT2D eigenvalue weighted by Gasteiger charge is -2.10. The van der Waals surface area contributed by atoms with E-state index in [1.807, 2.05) is 30.3 Å². The van der Waals surface area contributed by atoms with E-state index in [2.05, 4.69) is 10.1 Å². The Morgan fingerprint density at radius 1 is 0.964 bits per heavy atom. The first kappa shape index (κ1) is 17.5. The van der Waals surface area contributed by atoms with Gasteiger partial charge in [0.1, 0.15) is 29.4 Å². The van der Waals surface area contributed by atoms with Gasteiger partial charge < -0.3 is 14.0 Å². The molecule has 138 valence electrons. The Kier molecular flexibility index (Phi) is 5.11. The first-order valence-corrected chi connectivity index (χ1v) is 8.64. The number of carbonyl (C=O) groups excluding carboxylic acids is 1. The van der Waals surface area contributed by atoms with Gasteiger partial charge in [-0.1, -0.05) is 47.6 Å². The molecule has 0 saturated carbocycles. The molecule has 0 aliphatic carbocycles. The highest BCUT2D eigenvalue weighted by molar-refractivity contribution is 5.92. The summed E-state index contributed by atoms with van der Waals surface area (Å²) in [6, 6.07) is 21.7. The van der Waals surface area contributed by atoms with Gasteiger partial charge in [0, 0.05) is 17.8 Å². The Labute approximate surface area is 161 Å². The summed E-state index contributed by atoms with van der Waals surface area (Å²) < 4.78 is 16.5. The average Bonchev–Trinajstić information content (AvgIpc) is 3.23. The molecule has 2 heterocycles. The van der Waals surface area contributed by atoms with E-state index in [4.69, 9.17) is 14.0 Å². The van der Waals surface area contributed by atoms with Crippen molar-refractivity contribution >= 4 is 5.97 Å². The molecule has 2 aromatic carbocycles. The van der Waals surface area contributed by atoms with Gasteiger partial charge in [0.2, 0.25) is 0 Å². The monoisotopic (exact) mass is 372 g/mol. The third-order valence-electron chi connectivity index (χ3n) is 3.94. The molecule has 4 aromatic rings. The van der Waals surface area contributed by atoms with Crippen molar-refractivity contribution in [2.24, 2.45) is 0 Å². The Bertz CT molecular complexity index is 1060. The lowest BCUT2D eigenvalue weighted by atomic mass is 10.2. The number of rotatable bonds is 6. The lowest BCUT2D eigenvalue weighted by Crippen LogP contribution is -2.07. The number of hydrogen-bond donors (Lipinski definition) is 0. The van der Waals surface area contributed by atoms with Crippen LogP contribution in [0.25, 0.3) is 11.3 Å². The van der Waals surface area contributed by atoms with Crippen molar-refractivity contribution in [1.29, 1.82) is 0 Å². The number of benzene rings is 2. The largest absolute Gasteiger partial charge is 0.455 e. The standard InChI is InChI=1S/C22H16N2O4/c25-22(19-10-4-5-11-20(19)27-18-9-6-12-23-14-18)26-15-17-13-21(28-24-17)16-7-2-1-3-8-16/h1-14H,15H2. The van der Waals surface area contributed by atoms with E-state index < -0.39 is 5.97 Å². The van der Waals surface area contributed by atoms with Crippen LogP contribution in [0.5, 0.6) is 11.5 Å². The number of nitrogens with zero attached hydrogens (tertiary/aromatic N) is 2. The number of esters is 1. The molecule has 0 amide bonds. The SMILES string of the molecule is O=C(OCc1cc(-c2ccccc2)on1)c1ccccc1Oc1cccnc1. The fourth-order valence-electron chi connectivity index (χ4n) is 2.59. The van der Waals surface area contributed by atoms with Crippen LogP contribution in [-0.4, -0.2) is 16.1 Å². The topological polar surface area (TPSA) is 74.5 Å². The zero-order chi connectivity index (χ0) is 19.2. The van der Waals surface area contributed by atoms with Crippen LogP contribution in [0.2, 0.25) is 0 Å². The molecule has 0 spiro atoms. The van der Waals surface area contributed by atoms with Crippen molar-refractivity contribution in [3.05, 3.63) is 96.4 Å². The summed E-state index contributed by atoms with van der Waals surface area (Å²) in [5.74, 6) is 1.04. The van der Waals surface area contributed by atoms with Gasteiger partial charge in [-0.2, -0.15) is 0 Å². The predicted molar refractivity (Wildman–Crippen MR) is 102 cm³/mol. The van der Waals surface area contributed by atoms with Gasteiger partial charge in [-0.25, -0.2) is 4.79 Å². The van der Waals surface area contributed by atoms with Crippen LogP contribution >= 0.6 is 0 Å². The van der Waals surface area contributed by atoms with Crippen molar-refractivity contribution in [2.45, 2.75) is 6.61 Å². The summed E-state index contributed by atoms with van der Waals surface area (Å²) in [7, 11) is 0. The molecule has 0 saturated heterocycles. The van der Waals surface area contributed by atoms with Crippen molar-refractivity contribution < 1.29 is 18.8 Å². The smallest absolute Gasteiger partial charge is 0.342 e. The van der Waals surface area contributed by atoms with Crippen LogP contribution in [0.15, 0.2) is 89.7 Å². The number of pyridine rings is 1. The second-order valence-corrected chi connectivity index (χ2v) is 5.91. The number of ether oxygens (including phenoxy) is 2. The summed E-state index contributed by atoms with van der Waals surface area (Å²) in [6.45, 7) is -0.00358. The predicted octanol–water partition coefficient (Wildman–Crippen LogP) is 4.89. The van der Waals surface area contributed by atoms with E-state index in [9.17, 15) is 4.79 Å². The van der Waals surface area contributed by atoms with E-state index >= 15 is 0 Å². The van der Waals surface area contributed by atoms with E-state index in [1.165, 1.54) is 0 Å². The summed E-state index contributed by atoms with van der Waals surface area (Å²) in [5, 5.41) is 3.96. The minimum atomic E-state index is -0.510. The molecule has 0 aliphatic heterocycles. The number of hydrogen-bond acceptors (Lipinski definition) is 6. The Morgan fingerprint density at radius 2 is 1.79 bits per heavy atom. The lowest BCUT2D eigenvalue weighted by molar-refractivity contribution is 0.0461. The van der Waals surface area contributed by atoms with Gasteiger partial charge in [0.05, 0.1) is 6.20 Å². The Hall–Kier alpha value is -3.93. The zero-order valence-electron chi connectivity index (χ0n) is 14.8. The van der Waals surface area contributed by atoms with Gasteiger partial charge in [0.25, 0.3) is 0 Å². The zero-order valence-corrected chi connectivity index (χ0v) is 14.8. The van der Waals surface area contributed by atoms with Crippen molar-refractivity contribution in [3.8, 4) is 22.8 Å². The van der Waals surface area contributed by atoms with Crippen LogP contribution in [0.3, 0.4) is 0 Å². The number of aromatic nitrogens is 2. The van der Waals surface area contributed by atoms with Gasteiger partial charge in [-0.3, -0.25) is 4.98 Å². The molecule has 0 fully saturated rings. The fourth-order valence-corrected chi connectivity index (χ4v) is 2.59. The molecule has 0 bridgehead atoms. The van der Waals surface area contributed by atoms with Gasteiger partial charge in [-0.15, -0.1) is 0 Å². The van der Waals surface area contributed by atoms with Crippen molar-refractivity contribution in [2.75, 3.05) is 0 Å². The third-order valence-corrected chi connectivity index (χ3v) is 3.94. The quantitative estimate of drug-likeness (QED) is 0.449. The molecule has 2 aromatic heterocycles. The third kappa shape index (κ3) is 4.07. The van der Waals surface area contributed by atoms with E-state index in [0.717, 1.165) is 5.56 Å². The van der Waals surface area contributed by atoms with Gasteiger partial charge in [0.15, 0.2) is 5.76 Å². The van der Waals surface area contributed by atoms with Crippen molar-refractivity contribution in [1.82, 2.24) is 10.1 Å². The minimum Gasteiger partial charge on any atom is -0.455 e. The minimum absolute atomic E-state index is 0.00358. The van der Waals surface area contributed by atoms with Crippen LogP contribution in [0.1, 0.15) is 16.1 Å². The highest BCUT2D eigenvalue weighted by Crippen LogP contribution is 2.26. The molecule has 0 aliphatic rings. The van der Waals surface area contributed by atoms with Gasteiger partial charge in [-0.05, 0) is 24.3 Å². The summed E-state index contributed by atoms with van der Waals surface area (Å²) in [4.78, 5) is 16.5. The van der Waals surface area contributed by atoms with Crippen LogP contribution in [-0.2, 0) is 11.3 Å². The Balaban J connectivity index is 1.44. The van der Waals surface area contributed by atoms with E-state index in [0.29, 0.717) is 28.5 Å². The molecular formula is C22H16N2O4. The molecule has 0 N–H and O–H groups in total. The van der Waals surface area contributed by atoms with Crippen LogP contribution < -0.4 is 4.74 Å². The molecular weight excluding hydrogens is 356 g/mol. The molecule has 0 atom stereocenters. The van der Waals surface area contributed by atoms with E-state index in [-0.39, 0.29) is 6.61 Å². The normalized spacial score (nSPS) is 10.4. The maximum absolute atomic E-state index is 12.5. The van der Waals surface area contributed by atoms with Gasteiger partial charge >= 0.3 is 5.97 Å². The number of para-hydroxylation sites is 1. The molecule has 0 radical (unpaired) electrons. The number of carbonyl (C=O) groups is 1. The second-order valence-electron chi connectivity index (χ2n) is 5.91. The summed E-state index contributed by atoms with van der Waals surface area (Å²) in [6.07, 6.45) is 3.22. The molecule has 0 unspecified atom stereocenters. The highest BCUT2D eigenvalue weighted by atomic mass is 16.5. The van der Waals surface area contributed by atoms with Crippen LogP contribution in [0, 0.1) is 0 Å². The fraction of sp³-hybridized carbons (Fsp3) is 0.0455. The summed E-state index contributed by atoms with van der Waals surface area (Å²) >= 11 is 0. The molecule has 4 rings (SSSR count). The maximum Gasteiger partial charge on any atom is 0.342 e. The van der Waals surface area contributed by atoms with Crippen LogP contribution in [0.4, 0.5) is 0 Å². The molecule has 6 nitrogen and oxygen atoms in total. The highest BCUT2D eigenvalue weighted by Gasteiger charge is 2.16. The molecule has 6 heteroatoms. The van der Waals surface area contributed by atoms with E-state index in [1.54, 1.807) is 54.9 Å². The Morgan fingerprint density at radius 3 is 2.61 bits per heavy atom. The molecule has 28 heavy (non-hydrogen) atoms. The summed E-state index contributed by atoms with van der Waals surface area (Å²) in [5.41, 5.74) is 1.75. The first-order chi connectivity index (χ1) is 13.8. The van der Waals surface area contributed by atoms with Crippen molar-refractivity contribution in [3.63, 3.8) is 0 Å². The average molecular weight is 372 g/mol. The first-order valence-electron chi connectivity index (χ1n) is 8.64. The second kappa shape index (κ2) is 8.18.